The number of fused-ring (bicyclic) bond motifs is 1. The second-order valence-corrected chi connectivity index (χ2v) is 3.29. The van der Waals surface area contributed by atoms with E-state index in [4.69, 9.17) is 5.73 Å². The zero-order valence-corrected chi connectivity index (χ0v) is 8.01. The summed E-state index contributed by atoms with van der Waals surface area (Å²) in [6.07, 6.45) is 0. The molecule has 0 aliphatic rings. The molecule has 4 heteroatoms. The monoisotopic (exact) mass is 202 g/mol. The highest BCUT2D eigenvalue weighted by molar-refractivity contribution is 5.85. The fraction of sp³-hybridized carbons (Fsp3) is 0.0909. The minimum Gasteiger partial charge on any atom is -0.326 e. The maximum Gasteiger partial charge on any atom is 0.274 e. The third kappa shape index (κ3) is 1.67. The molecular weight excluding hydrogens is 192 g/mol. The van der Waals surface area contributed by atoms with Gasteiger partial charge in [0, 0.05) is 18.2 Å². The Morgan fingerprint density at radius 2 is 1.80 bits per heavy atom. The molecule has 2 aromatic rings. The molecule has 0 amide bonds. The van der Waals surface area contributed by atoms with E-state index < -0.39 is 4.92 Å². The standard InChI is InChI=1S/C11H10N2O2/c12-7-10-5-8-3-1-2-4-9(8)6-11(10)13(14)15/h1-6H,7,12H2. The lowest BCUT2D eigenvalue weighted by Gasteiger charge is -2.02. The first-order valence-electron chi connectivity index (χ1n) is 4.58. The minimum atomic E-state index is -0.394. The van der Waals surface area contributed by atoms with Crippen molar-refractivity contribution in [3.8, 4) is 0 Å². The molecular formula is C11H10N2O2. The molecule has 15 heavy (non-hydrogen) atoms. The summed E-state index contributed by atoms with van der Waals surface area (Å²) in [7, 11) is 0. The Bertz CT molecular complexity index is 523. The Kier molecular flexibility index (Phi) is 2.35. The molecule has 0 atom stereocenters. The van der Waals surface area contributed by atoms with E-state index in [1.54, 1.807) is 12.1 Å². The van der Waals surface area contributed by atoms with Crippen LogP contribution in [0.2, 0.25) is 0 Å². The van der Waals surface area contributed by atoms with Crippen molar-refractivity contribution in [1.82, 2.24) is 0 Å². The van der Waals surface area contributed by atoms with Gasteiger partial charge in [-0.1, -0.05) is 24.3 Å². The summed E-state index contributed by atoms with van der Waals surface area (Å²) in [5, 5.41) is 12.6. The number of hydrogen-bond donors (Lipinski definition) is 1. The summed E-state index contributed by atoms with van der Waals surface area (Å²) >= 11 is 0. The van der Waals surface area contributed by atoms with Crippen LogP contribution < -0.4 is 5.73 Å². The number of nitrogens with two attached hydrogens (primary N) is 1. The topological polar surface area (TPSA) is 69.2 Å². The lowest BCUT2D eigenvalue weighted by molar-refractivity contribution is -0.385. The first kappa shape index (κ1) is 9.61. The van der Waals surface area contributed by atoms with Crippen LogP contribution in [-0.4, -0.2) is 4.92 Å². The van der Waals surface area contributed by atoms with Gasteiger partial charge in [0.1, 0.15) is 0 Å². The van der Waals surface area contributed by atoms with E-state index in [1.807, 2.05) is 24.3 Å². The largest absolute Gasteiger partial charge is 0.326 e. The molecule has 0 spiro atoms. The van der Waals surface area contributed by atoms with Crippen molar-refractivity contribution in [1.29, 1.82) is 0 Å². The van der Waals surface area contributed by atoms with Gasteiger partial charge in [0.2, 0.25) is 0 Å². The number of nitro groups is 1. The van der Waals surface area contributed by atoms with Gasteiger partial charge in [0.15, 0.2) is 0 Å². The molecule has 2 aromatic carbocycles. The van der Waals surface area contributed by atoms with Crippen LogP contribution in [0.15, 0.2) is 36.4 Å². The number of nitrogens with zero attached hydrogens (tertiary/aromatic N) is 1. The summed E-state index contributed by atoms with van der Waals surface area (Å²) in [6, 6.07) is 10.9. The van der Waals surface area contributed by atoms with Crippen LogP contribution >= 0.6 is 0 Å². The Labute approximate surface area is 86.5 Å². The van der Waals surface area contributed by atoms with Gasteiger partial charge in [-0.25, -0.2) is 0 Å². The Hall–Kier alpha value is -1.94. The smallest absolute Gasteiger partial charge is 0.274 e. The molecule has 0 bridgehead atoms. The van der Waals surface area contributed by atoms with Crippen LogP contribution in [0.25, 0.3) is 10.8 Å². The van der Waals surface area contributed by atoms with E-state index >= 15 is 0 Å². The van der Waals surface area contributed by atoms with Crippen LogP contribution in [0.5, 0.6) is 0 Å². The van der Waals surface area contributed by atoms with E-state index in [-0.39, 0.29) is 12.2 Å². The molecule has 0 radical (unpaired) electrons. The van der Waals surface area contributed by atoms with Crippen molar-refractivity contribution < 1.29 is 4.92 Å². The fourth-order valence-corrected chi connectivity index (χ4v) is 1.61. The average molecular weight is 202 g/mol. The van der Waals surface area contributed by atoms with Crippen LogP contribution in [0, 0.1) is 10.1 Å². The van der Waals surface area contributed by atoms with Crippen molar-refractivity contribution in [3.63, 3.8) is 0 Å². The minimum absolute atomic E-state index is 0.0937. The zero-order chi connectivity index (χ0) is 10.8. The van der Waals surface area contributed by atoms with Crippen LogP contribution in [0.3, 0.4) is 0 Å². The number of hydrogen-bond acceptors (Lipinski definition) is 3. The molecule has 4 nitrogen and oxygen atoms in total. The molecule has 0 saturated heterocycles. The second-order valence-electron chi connectivity index (χ2n) is 3.29. The molecule has 0 saturated carbocycles. The average Bonchev–Trinajstić information content (AvgIpc) is 2.27. The van der Waals surface area contributed by atoms with Gasteiger partial charge < -0.3 is 5.73 Å². The maximum atomic E-state index is 10.8. The maximum absolute atomic E-state index is 10.8. The van der Waals surface area contributed by atoms with E-state index in [0.717, 1.165) is 10.8 Å². The van der Waals surface area contributed by atoms with Crippen molar-refractivity contribution in [2.24, 2.45) is 5.73 Å². The first-order valence-corrected chi connectivity index (χ1v) is 4.58. The normalized spacial score (nSPS) is 10.5. The molecule has 2 rings (SSSR count). The molecule has 0 aliphatic carbocycles. The highest BCUT2D eigenvalue weighted by Crippen LogP contribution is 2.25. The van der Waals surface area contributed by atoms with Gasteiger partial charge in [-0.15, -0.1) is 0 Å². The lowest BCUT2D eigenvalue weighted by atomic mass is 10.1. The van der Waals surface area contributed by atoms with Crippen molar-refractivity contribution in [2.75, 3.05) is 0 Å². The Morgan fingerprint density at radius 3 is 2.33 bits per heavy atom. The predicted molar refractivity (Wildman–Crippen MR) is 58.5 cm³/mol. The van der Waals surface area contributed by atoms with Gasteiger partial charge in [0.25, 0.3) is 5.69 Å². The van der Waals surface area contributed by atoms with E-state index in [0.29, 0.717) is 5.56 Å². The van der Waals surface area contributed by atoms with Crippen LogP contribution in [0.4, 0.5) is 5.69 Å². The summed E-state index contributed by atoms with van der Waals surface area (Å²) in [6.45, 7) is 0.182. The van der Waals surface area contributed by atoms with E-state index in [9.17, 15) is 10.1 Å². The van der Waals surface area contributed by atoms with Gasteiger partial charge in [-0.3, -0.25) is 10.1 Å². The number of benzene rings is 2. The van der Waals surface area contributed by atoms with Crippen LogP contribution in [0.1, 0.15) is 5.56 Å². The molecule has 0 heterocycles. The van der Waals surface area contributed by atoms with Crippen molar-refractivity contribution >= 4 is 16.5 Å². The fourth-order valence-electron chi connectivity index (χ4n) is 1.61. The van der Waals surface area contributed by atoms with Gasteiger partial charge in [-0.2, -0.15) is 0 Å². The Morgan fingerprint density at radius 1 is 1.20 bits per heavy atom. The van der Waals surface area contributed by atoms with Gasteiger partial charge in [0.05, 0.1) is 4.92 Å². The van der Waals surface area contributed by atoms with Gasteiger partial charge in [-0.05, 0) is 16.8 Å². The zero-order valence-electron chi connectivity index (χ0n) is 8.01. The lowest BCUT2D eigenvalue weighted by Crippen LogP contribution is -2.01. The summed E-state index contributed by atoms with van der Waals surface area (Å²) < 4.78 is 0. The molecule has 76 valence electrons. The molecule has 0 unspecified atom stereocenters. The van der Waals surface area contributed by atoms with Crippen molar-refractivity contribution in [2.45, 2.75) is 6.54 Å². The Balaban J connectivity index is 2.74. The molecule has 0 aliphatic heterocycles. The summed E-state index contributed by atoms with van der Waals surface area (Å²) in [5.74, 6) is 0. The van der Waals surface area contributed by atoms with E-state index in [1.165, 1.54) is 0 Å². The molecule has 2 N–H and O–H groups in total. The van der Waals surface area contributed by atoms with Crippen LogP contribution in [-0.2, 0) is 6.54 Å². The quantitative estimate of drug-likeness (QED) is 0.599. The molecule has 0 fully saturated rings. The summed E-state index contributed by atoms with van der Waals surface area (Å²) in [5.41, 5.74) is 6.14. The van der Waals surface area contributed by atoms with Gasteiger partial charge >= 0.3 is 0 Å². The third-order valence-corrected chi connectivity index (χ3v) is 2.36. The summed E-state index contributed by atoms with van der Waals surface area (Å²) in [4.78, 5) is 10.4. The van der Waals surface area contributed by atoms with Crippen molar-refractivity contribution in [3.05, 3.63) is 52.1 Å². The second kappa shape index (κ2) is 3.67. The van der Waals surface area contributed by atoms with E-state index in [2.05, 4.69) is 0 Å². The molecule has 0 aromatic heterocycles. The first-order chi connectivity index (χ1) is 7.22. The predicted octanol–water partition coefficient (Wildman–Crippen LogP) is 2.21. The highest BCUT2D eigenvalue weighted by Gasteiger charge is 2.13. The third-order valence-electron chi connectivity index (χ3n) is 2.36. The highest BCUT2D eigenvalue weighted by atomic mass is 16.6. The number of nitro benzene ring substituents is 1. The SMILES string of the molecule is NCc1cc2ccccc2cc1[N+](=O)[O-]. The number of rotatable bonds is 2.